The van der Waals surface area contributed by atoms with Crippen molar-refractivity contribution >= 4 is 27.5 Å². The standard InChI is InChI=1S/C15H21BrN2O/c1-3-7-15(8-4-9-17-15)14(19)18-12-6-5-11(2)13(16)10-12/h5-6,10,17H,3-4,7-9H2,1-2H3,(H,18,19). The third-order valence-corrected chi connectivity index (χ3v) is 4.64. The van der Waals surface area contributed by atoms with Gasteiger partial charge in [-0.1, -0.05) is 35.3 Å². The van der Waals surface area contributed by atoms with E-state index < -0.39 is 0 Å². The maximum Gasteiger partial charge on any atom is 0.244 e. The predicted molar refractivity (Wildman–Crippen MR) is 82.4 cm³/mol. The second-order valence-corrected chi connectivity index (χ2v) is 6.13. The Morgan fingerprint density at radius 1 is 1.53 bits per heavy atom. The van der Waals surface area contributed by atoms with Crippen molar-refractivity contribution in [3.63, 3.8) is 0 Å². The van der Waals surface area contributed by atoms with Crippen LogP contribution in [0.5, 0.6) is 0 Å². The first-order valence-electron chi connectivity index (χ1n) is 6.90. The Labute approximate surface area is 123 Å². The lowest BCUT2D eigenvalue weighted by atomic mass is 9.91. The lowest BCUT2D eigenvalue weighted by molar-refractivity contribution is -0.122. The minimum Gasteiger partial charge on any atom is -0.324 e. The number of nitrogens with one attached hydrogen (secondary N) is 2. The number of hydrogen-bond acceptors (Lipinski definition) is 2. The Bertz CT molecular complexity index is 467. The van der Waals surface area contributed by atoms with Crippen LogP contribution in [0.2, 0.25) is 0 Å². The molecule has 1 aromatic carbocycles. The van der Waals surface area contributed by atoms with Crippen LogP contribution in [-0.2, 0) is 4.79 Å². The van der Waals surface area contributed by atoms with Gasteiger partial charge in [0.05, 0.1) is 5.54 Å². The molecule has 104 valence electrons. The van der Waals surface area contributed by atoms with Gasteiger partial charge in [0, 0.05) is 10.2 Å². The molecule has 1 amide bonds. The fourth-order valence-electron chi connectivity index (χ4n) is 2.68. The summed E-state index contributed by atoms with van der Waals surface area (Å²) in [7, 11) is 0. The average Bonchev–Trinajstić information content (AvgIpc) is 2.84. The summed E-state index contributed by atoms with van der Waals surface area (Å²) in [6.07, 6.45) is 3.91. The summed E-state index contributed by atoms with van der Waals surface area (Å²) in [4.78, 5) is 12.5. The van der Waals surface area contributed by atoms with Gasteiger partial charge in [0.25, 0.3) is 0 Å². The second-order valence-electron chi connectivity index (χ2n) is 5.28. The van der Waals surface area contributed by atoms with Crippen molar-refractivity contribution in [2.45, 2.75) is 45.1 Å². The quantitative estimate of drug-likeness (QED) is 0.888. The van der Waals surface area contributed by atoms with Crippen molar-refractivity contribution in [3.8, 4) is 0 Å². The first-order valence-corrected chi connectivity index (χ1v) is 7.69. The summed E-state index contributed by atoms with van der Waals surface area (Å²) in [6, 6.07) is 5.92. The zero-order valence-electron chi connectivity index (χ0n) is 11.6. The molecular weight excluding hydrogens is 304 g/mol. The number of carbonyl (C=O) groups is 1. The molecule has 1 aromatic rings. The minimum absolute atomic E-state index is 0.0996. The molecule has 0 radical (unpaired) electrons. The predicted octanol–water partition coefficient (Wildman–Crippen LogP) is 3.62. The molecule has 1 atom stereocenters. The summed E-state index contributed by atoms with van der Waals surface area (Å²) >= 11 is 3.50. The highest BCUT2D eigenvalue weighted by Gasteiger charge is 2.39. The number of anilines is 1. The zero-order valence-corrected chi connectivity index (χ0v) is 13.1. The highest BCUT2D eigenvalue weighted by atomic mass is 79.9. The molecule has 0 saturated carbocycles. The molecule has 0 aromatic heterocycles. The average molecular weight is 325 g/mol. The van der Waals surface area contributed by atoms with E-state index >= 15 is 0 Å². The number of aryl methyl sites for hydroxylation is 1. The van der Waals surface area contributed by atoms with E-state index in [1.807, 2.05) is 25.1 Å². The van der Waals surface area contributed by atoms with Gasteiger partial charge in [0.1, 0.15) is 0 Å². The molecule has 0 aliphatic carbocycles. The third-order valence-electron chi connectivity index (χ3n) is 3.78. The number of halogens is 1. The molecule has 4 heteroatoms. The number of benzene rings is 1. The van der Waals surface area contributed by atoms with Crippen LogP contribution in [0.4, 0.5) is 5.69 Å². The Morgan fingerprint density at radius 3 is 2.89 bits per heavy atom. The first kappa shape index (κ1) is 14.5. The van der Waals surface area contributed by atoms with Crippen molar-refractivity contribution in [1.82, 2.24) is 5.32 Å². The van der Waals surface area contributed by atoms with Gasteiger partial charge in [-0.3, -0.25) is 4.79 Å². The summed E-state index contributed by atoms with van der Waals surface area (Å²) < 4.78 is 1.02. The molecule has 0 bridgehead atoms. The van der Waals surface area contributed by atoms with Gasteiger partial charge in [-0.15, -0.1) is 0 Å². The van der Waals surface area contributed by atoms with Gasteiger partial charge in [-0.2, -0.15) is 0 Å². The highest BCUT2D eigenvalue weighted by Crippen LogP contribution is 2.27. The monoisotopic (exact) mass is 324 g/mol. The molecule has 1 saturated heterocycles. The summed E-state index contributed by atoms with van der Waals surface area (Å²) in [5.41, 5.74) is 1.65. The first-order chi connectivity index (χ1) is 9.07. The van der Waals surface area contributed by atoms with Crippen LogP contribution in [0.15, 0.2) is 22.7 Å². The molecule has 0 spiro atoms. The molecule has 2 rings (SSSR count). The van der Waals surface area contributed by atoms with Crippen LogP contribution >= 0.6 is 15.9 Å². The van der Waals surface area contributed by atoms with E-state index in [4.69, 9.17) is 0 Å². The Balaban J connectivity index is 2.12. The van der Waals surface area contributed by atoms with Crippen molar-refractivity contribution < 1.29 is 4.79 Å². The Kier molecular flexibility index (Phi) is 4.63. The molecule has 1 fully saturated rings. The highest BCUT2D eigenvalue weighted by molar-refractivity contribution is 9.10. The van der Waals surface area contributed by atoms with E-state index in [-0.39, 0.29) is 11.4 Å². The molecular formula is C15H21BrN2O. The number of rotatable bonds is 4. The fourth-order valence-corrected chi connectivity index (χ4v) is 3.05. The van der Waals surface area contributed by atoms with Crippen LogP contribution in [0.25, 0.3) is 0 Å². The van der Waals surface area contributed by atoms with Crippen LogP contribution in [0, 0.1) is 6.92 Å². The van der Waals surface area contributed by atoms with Crippen molar-refractivity contribution in [3.05, 3.63) is 28.2 Å². The molecule has 19 heavy (non-hydrogen) atoms. The van der Waals surface area contributed by atoms with Crippen molar-refractivity contribution in [1.29, 1.82) is 0 Å². The largest absolute Gasteiger partial charge is 0.324 e. The van der Waals surface area contributed by atoms with Crippen LogP contribution < -0.4 is 10.6 Å². The van der Waals surface area contributed by atoms with Crippen LogP contribution in [-0.4, -0.2) is 18.0 Å². The number of carbonyl (C=O) groups excluding carboxylic acids is 1. The van der Waals surface area contributed by atoms with Crippen LogP contribution in [0.3, 0.4) is 0 Å². The molecule has 1 aliphatic heterocycles. The minimum atomic E-state index is -0.369. The lowest BCUT2D eigenvalue weighted by Crippen LogP contribution is -2.50. The Morgan fingerprint density at radius 2 is 2.32 bits per heavy atom. The topological polar surface area (TPSA) is 41.1 Å². The number of amides is 1. The summed E-state index contributed by atoms with van der Waals surface area (Å²) in [5, 5.41) is 6.44. The molecule has 1 unspecified atom stereocenters. The van der Waals surface area contributed by atoms with E-state index in [9.17, 15) is 4.79 Å². The van der Waals surface area contributed by atoms with Crippen molar-refractivity contribution in [2.24, 2.45) is 0 Å². The van der Waals surface area contributed by atoms with Crippen molar-refractivity contribution in [2.75, 3.05) is 11.9 Å². The van der Waals surface area contributed by atoms with E-state index in [1.54, 1.807) is 0 Å². The van der Waals surface area contributed by atoms with E-state index in [0.717, 1.165) is 42.4 Å². The fraction of sp³-hybridized carbons (Fsp3) is 0.533. The normalized spacial score (nSPS) is 22.5. The maximum absolute atomic E-state index is 12.5. The van der Waals surface area contributed by atoms with Gasteiger partial charge in [-0.05, 0) is 50.4 Å². The lowest BCUT2D eigenvalue weighted by Gasteiger charge is -2.28. The Hall–Kier alpha value is -0.870. The molecule has 2 N–H and O–H groups in total. The summed E-state index contributed by atoms with van der Waals surface area (Å²) in [6.45, 7) is 5.09. The van der Waals surface area contributed by atoms with Gasteiger partial charge in [0.15, 0.2) is 0 Å². The van der Waals surface area contributed by atoms with Gasteiger partial charge in [-0.25, -0.2) is 0 Å². The smallest absolute Gasteiger partial charge is 0.244 e. The van der Waals surface area contributed by atoms with E-state index in [2.05, 4.69) is 33.5 Å². The molecule has 3 nitrogen and oxygen atoms in total. The van der Waals surface area contributed by atoms with Gasteiger partial charge >= 0.3 is 0 Å². The van der Waals surface area contributed by atoms with Gasteiger partial charge in [0.2, 0.25) is 5.91 Å². The van der Waals surface area contributed by atoms with E-state index in [0.29, 0.717) is 0 Å². The maximum atomic E-state index is 12.5. The number of hydrogen-bond donors (Lipinski definition) is 2. The second kappa shape index (κ2) is 6.06. The third kappa shape index (κ3) is 3.18. The summed E-state index contributed by atoms with van der Waals surface area (Å²) in [5.74, 6) is 0.0996. The van der Waals surface area contributed by atoms with Crippen LogP contribution in [0.1, 0.15) is 38.2 Å². The van der Waals surface area contributed by atoms with E-state index in [1.165, 1.54) is 5.56 Å². The molecule has 1 aliphatic rings. The SMILES string of the molecule is CCCC1(C(=O)Nc2ccc(C)c(Br)c2)CCCN1. The molecule has 1 heterocycles. The zero-order chi connectivity index (χ0) is 13.9. The van der Waals surface area contributed by atoms with Gasteiger partial charge < -0.3 is 10.6 Å².